The third kappa shape index (κ3) is 7.65. The molecule has 0 heterocycles. The summed E-state index contributed by atoms with van der Waals surface area (Å²) in [6.45, 7) is 7.84. The van der Waals surface area contributed by atoms with Gasteiger partial charge in [-0.05, 0) is 63.1 Å². The maximum atomic E-state index is 12.2. The van der Waals surface area contributed by atoms with Crippen molar-refractivity contribution < 1.29 is 23.9 Å². The Kier molecular flexibility index (Phi) is 8.87. The number of para-hydroxylation sites is 1. The van der Waals surface area contributed by atoms with E-state index in [0.29, 0.717) is 23.8 Å². The summed E-state index contributed by atoms with van der Waals surface area (Å²) in [6, 6.07) is 12.7. The van der Waals surface area contributed by atoms with Crippen molar-refractivity contribution in [3.8, 4) is 11.5 Å². The van der Waals surface area contributed by atoms with Gasteiger partial charge in [-0.3, -0.25) is 25.2 Å². The number of nitrogens with one attached hydrogen (secondary N) is 3. The topological polar surface area (TPSA) is 106 Å². The quantitative estimate of drug-likeness (QED) is 0.534. The second-order valence-electron chi connectivity index (χ2n) is 7.02. The molecule has 0 unspecified atom stereocenters. The van der Waals surface area contributed by atoms with Crippen molar-refractivity contribution in [2.45, 2.75) is 46.6 Å². The highest BCUT2D eigenvalue weighted by Crippen LogP contribution is 2.23. The van der Waals surface area contributed by atoms with Crippen LogP contribution in [0.1, 0.15) is 37.8 Å². The predicted molar refractivity (Wildman–Crippen MR) is 118 cm³/mol. The van der Waals surface area contributed by atoms with E-state index in [9.17, 15) is 14.4 Å². The molecule has 3 amide bonds. The van der Waals surface area contributed by atoms with Crippen molar-refractivity contribution in [2.75, 3.05) is 11.9 Å². The first-order chi connectivity index (χ1) is 14.8. The van der Waals surface area contributed by atoms with Crippen LogP contribution in [0, 0.1) is 13.8 Å². The van der Waals surface area contributed by atoms with Gasteiger partial charge >= 0.3 is 0 Å². The van der Waals surface area contributed by atoms with E-state index in [4.69, 9.17) is 9.47 Å². The average molecular weight is 428 g/mol. The largest absolute Gasteiger partial charge is 0.494 e. The summed E-state index contributed by atoms with van der Waals surface area (Å²) in [5, 5.41) is 2.71. The molecule has 3 N–H and O–H groups in total. The Bertz CT molecular complexity index is 892. The van der Waals surface area contributed by atoms with Gasteiger partial charge in [0.25, 0.3) is 5.91 Å². The number of carbonyl (C=O) groups excluding carboxylic acids is 3. The van der Waals surface area contributed by atoms with Gasteiger partial charge < -0.3 is 14.8 Å². The number of ether oxygens (including phenoxy) is 2. The van der Waals surface area contributed by atoms with Crippen LogP contribution in [0.2, 0.25) is 0 Å². The number of rotatable bonds is 9. The fourth-order valence-corrected chi connectivity index (χ4v) is 2.76. The summed E-state index contributed by atoms with van der Waals surface area (Å²) >= 11 is 0. The normalized spacial score (nSPS) is 11.2. The molecule has 0 saturated heterocycles. The molecule has 1 atom stereocenters. The highest BCUT2D eigenvalue weighted by atomic mass is 16.5. The highest BCUT2D eigenvalue weighted by Gasteiger charge is 2.17. The van der Waals surface area contributed by atoms with Crippen LogP contribution in [0.4, 0.5) is 5.69 Å². The number of hydrogen-bond donors (Lipinski definition) is 3. The smallest absolute Gasteiger partial charge is 0.279 e. The van der Waals surface area contributed by atoms with Gasteiger partial charge in [0.15, 0.2) is 6.10 Å². The molecule has 166 valence electrons. The van der Waals surface area contributed by atoms with Gasteiger partial charge in [0.1, 0.15) is 11.5 Å². The Balaban J connectivity index is 1.72. The number of aryl methyl sites for hydroxylation is 2. The Morgan fingerprint density at radius 1 is 0.903 bits per heavy atom. The third-order valence-electron chi connectivity index (χ3n) is 4.43. The van der Waals surface area contributed by atoms with Gasteiger partial charge in [-0.25, -0.2) is 0 Å². The Morgan fingerprint density at radius 3 is 2.13 bits per heavy atom. The molecule has 0 radical (unpaired) electrons. The maximum absolute atomic E-state index is 12.2. The van der Waals surface area contributed by atoms with Crippen LogP contribution >= 0.6 is 0 Å². The van der Waals surface area contributed by atoms with E-state index in [-0.39, 0.29) is 18.7 Å². The van der Waals surface area contributed by atoms with Crippen molar-refractivity contribution in [3.63, 3.8) is 0 Å². The molecule has 8 nitrogen and oxygen atoms in total. The highest BCUT2D eigenvalue weighted by molar-refractivity contribution is 5.93. The summed E-state index contributed by atoms with van der Waals surface area (Å²) in [5.74, 6) is 0.0792. The van der Waals surface area contributed by atoms with Crippen LogP contribution in [-0.4, -0.2) is 30.4 Å². The average Bonchev–Trinajstić information content (AvgIpc) is 2.74. The predicted octanol–water partition coefficient (Wildman–Crippen LogP) is 3.04. The second kappa shape index (κ2) is 11.6. The van der Waals surface area contributed by atoms with Crippen LogP contribution in [0.25, 0.3) is 0 Å². The second-order valence-corrected chi connectivity index (χ2v) is 7.02. The van der Waals surface area contributed by atoms with Crippen molar-refractivity contribution in [1.82, 2.24) is 10.9 Å². The minimum atomic E-state index is -0.803. The van der Waals surface area contributed by atoms with Gasteiger partial charge in [0.05, 0.1) is 6.61 Å². The van der Waals surface area contributed by atoms with E-state index < -0.39 is 17.9 Å². The van der Waals surface area contributed by atoms with Gasteiger partial charge in [-0.15, -0.1) is 0 Å². The third-order valence-corrected chi connectivity index (χ3v) is 4.43. The Morgan fingerprint density at radius 2 is 1.52 bits per heavy atom. The zero-order valence-electron chi connectivity index (χ0n) is 18.3. The number of hydrogen-bond acceptors (Lipinski definition) is 5. The molecular formula is C23H29N3O5. The fraction of sp³-hybridized carbons (Fsp3) is 0.348. The van der Waals surface area contributed by atoms with Crippen molar-refractivity contribution in [2.24, 2.45) is 0 Å². The van der Waals surface area contributed by atoms with Crippen LogP contribution in [-0.2, 0) is 14.4 Å². The first-order valence-electron chi connectivity index (χ1n) is 10.1. The zero-order valence-corrected chi connectivity index (χ0v) is 18.3. The SMILES string of the molecule is CCOc1ccc(NC(=O)CCC(=O)NNC(=O)[C@@H](C)Oc2c(C)cccc2C)cc1. The molecule has 31 heavy (non-hydrogen) atoms. The lowest BCUT2D eigenvalue weighted by atomic mass is 10.1. The van der Waals surface area contributed by atoms with Gasteiger partial charge in [-0.2, -0.15) is 0 Å². The molecule has 8 heteroatoms. The van der Waals surface area contributed by atoms with E-state index in [1.807, 2.05) is 39.0 Å². The molecule has 0 bridgehead atoms. The molecule has 0 aliphatic carbocycles. The number of carbonyl (C=O) groups is 3. The van der Waals surface area contributed by atoms with E-state index in [0.717, 1.165) is 11.1 Å². The van der Waals surface area contributed by atoms with Crippen molar-refractivity contribution >= 4 is 23.4 Å². The van der Waals surface area contributed by atoms with Crippen LogP contribution in [0.3, 0.4) is 0 Å². The molecule has 0 fully saturated rings. The molecule has 0 aromatic heterocycles. The number of hydrazine groups is 1. The minimum Gasteiger partial charge on any atom is -0.494 e. The molecule has 0 saturated carbocycles. The van der Waals surface area contributed by atoms with Crippen LogP contribution < -0.4 is 25.6 Å². The van der Waals surface area contributed by atoms with E-state index >= 15 is 0 Å². The van der Waals surface area contributed by atoms with Gasteiger partial charge in [-0.1, -0.05) is 18.2 Å². The lowest BCUT2D eigenvalue weighted by molar-refractivity contribution is -0.133. The number of amides is 3. The molecule has 2 rings (SSSR count). The van der Waals surface area contributed by atoms with E-state index in [1.54, 1.807) is 31.2 Å². The lowest BCUT2D eigenvalue weighted by Crippen LogP contribution is -2.47. The standard InChI is InChI=1S/C23H29N3O5/c1-5-30-19-11-9-18(10-12-19)24-20(27)13-14-21(28)25-26-23(29)17(4)31-22-15(2)7-6-8-16(22)3/h6-12,17H,5,13-14H2,1-4H3,(H,24,27)(H,25,28)(H,26,29)/t17-/m1/s1. The first-order valence-corrected chi connectivity index (χ1v) is 10.1. The first kappa shape index (κ1) is 23.7. The van der Waals surface area contributed by atoms with Gasteiger partial charge in [0, 0.05) is 18.5 Å². The van der Waals surface area contributed by atoms with E-state index in [1.165, 1.54) is 0 Å². The maximum Gasteiger partial charge on any atom is 0.279 e. The molecule has 0 aliphatic heterocycles. The number of anilines is 1. The minimum absolute atomic E-state index is 0.0244. The van der Waals surface area contributed by atoms with Crippen molar-refractivity contribution in [3.05, 3.63) is 53.6 Å². The summed E-state index contributed by atoms with van der Waals surface area (Å²) in [7, 11) is 0. The molecular weight excluding hydrogens is 398 g/mol. The summed E-state index contributed by atoms with van der Waals surface area (Å²) in [5.41, 5.74) is 7.08. The monoisotopic (exact) mass is 427 g/mol. The summed E-state index contributed by atoms with van der Waals surface area (Å²) in [6.07, 6.45) is -0.901. The fourth-order valence-electron chi connectivity index (χ4n) is 2.76. The zero-order chi connectivity index (χ0) is 22.8. The van der Waals surface area contributed by atoms with Crippen LogP contribution in [0.5, 0.6) is 11.5 Å². The Hall–Kier alpha value is -3.55. The van der Waals surface area contributed by atoms with Crippen LogP contribution in [0.15, 0.2) is 42.5 Å². The molecule has 2 aromatic rings. The molecule has 0 aliphatic rings. The number of benzene rings is 2. The summed E-state index contributed by atoms with van der Waals surface area (Å²) < 4.78 is 11.1. The Labute approximate surface area is 182 Å². The van der Waals surface area contributed by atoms with E-state index in [2.05, 4.69) is 16.2 Å². The lowest BCUT2D eigenvalue weighted by Gasteiger charge is -2.18. The van der Waals surface area contributed by atoms with Gasteiger partial charge in [0.2, 0.25) is 11.8 Å². The van der Waals surface area contributed by atoms with Crippen molar-refractivity contribution in [1.29, 1.82) is 0 Å². The molecule has 0 spiro atoms. The molecule has 2 aromatic carbocycles. The summed E-state index contributed by atoms with van der Waals surface area (Å²) in [4.78, 5) is 36.1.